The summed E-state index contributed by atoms with van der Waals surface area (Å²) in [5.74, 6) is 0.984. The van der Waals surface area contributed by atoms with Crippen LogP contribution in [0.25, 0.3) is 0 Å². The number of nitrogens with zero attached hydrogens (tertiary/aromatic N) is 1. The molecule has 1 atom stereocenters. The number of anilines is 1. The molecule has 3 rings (SSSR count). The molecule has 19 heavy (non-hydrogen) atoms. The van der Waals surface area contributed by atoms with E-state index < -0.39 is 0 Å². The Kier molecular flexibility index (Phi) is 3.92. The van der Waals surface area contributed by atoms with Gasteiger partial charge in [-0.25, -0.2) is 0 Å². The minimum Gasteiger partial charge on any atom is -0.494 e. The molecular formula is C16H24N2O. The van der Waals surface area contributed by atoms with Gasteiger partial charge in [0.1, 0.15) is 5.75 Å². The fraction of sp³-hybridized carbons (Fsp3) is 0.625. The molecule has 1 aromatic carbocycles. The lowest BCUT2D eigenvalue weighted by Gasteiger charge is -2.19. The van der Waals surface area contributed by atoms with Gasteiger partial charge in [-0.05, 0) is 49.9 Å². The van der Waals surface area contributed by atoms with Crippen molar-refractivity contribution in [1.82, 2.24) is 5.32 Å². The van der Waals surface area contributed by atoms with Crippen molar-refractivity contribution in [2.45, 2.75) is 44.7 Å². The van der Waals surface area contributed by atoms with E-state index in [0.29, 0.717) is 6.04 Å². The van der Waals surface area contributed by atoms with Crippen LogP contribution in [0.5, 0.6) is 5.75 Å². The molecule has 1 unspecified atom stereocenters. The second-order valence-corrected chi connectivity index (χ2v) is 5.71. The average molecular weight is 260 g/mol. The molecule has 0 spiro atoms. The average Bonchev–Trinajstić information content (AvgIpc) is 3.13. The highest BCUT2D eigenvalue weighted by molar-refractivity contribution is 5.50. The number of nitrogens with one attached hydrogen (secondary N) is 1. The molecule has 0 aromatic heterocycles. The predicted molar refractivity (Wildman–Crippen MR) is 79.0 cm³/mol. The van der Waals surface area contributed by atoms with Crippen molar-refractivity contribution >= 4 is 5.69 Å². The highest BCUT2D eigenvalue weighted by Gasteiger charge is 2.29. The normalized spacial score (nSPS) is 22.8. The van der Waals surface area contributed by atoms with E-state index in [1.807, 2.05) is 0 Å². The molecule has 3 heteroatoms. The maximum atomic E-state index is 5.62. The Morgan fingerprint density at radius 1 is 1.16 bits per heavy atom. The molecule has 1 heterocycles. The summed E-state index contributed by atoms with van der Waals surface area (Å²) in [6, 6.07) is 10.0. The number of rotatable bonds is 6. The third kappa shape index (κ3) is 3.41. The van der Waals surface area contributed by atoms with Gasteiger partial charge in [-0.15, -0.1) is 0 Å². The first kappa shape index (κ1) is 12.8. The van der Waals surface area contributed by atoms with Crippen LogP contribution in [-0.2, 0) is 0 Å². The van der Waals surface area contributed by atoms with Gasteiger partial charge >= 0.3 is 0 Å². The summed E-state index contributed by atoms with van der Waals surface area (Å²) >= 11 is 0. The van der Waals surface area contributed by atoms with Crippen LogP contribution in [0, 0.1) is 0 Å². The molecule has 0 amide bonds. The summed E-state index contributed by atoms with van der Waals surface area (Å²) in [6.45, 7) is 5.24. The lowest BCUT2D eigenvalue weighted by Crippen LogP contribution is -2.33. The van der Waals surface area contributed by atoms with E-state index in [1.165, 1.54) is 31.5 Å². The van der Waals surface area contributed by atoms with Gasteiger partial charge in [0.05, 0.1) is 6.61 Å². The number of ether oxygens (including phenoxy) is 1. The van der Waals surface area contributed by atoms with Crippen LogP contribution in [0.1, 0.15) is 32.6 Å². The second-order valence-electron chi connectivity index (χ2n) is 5.71. The van der Waals surface area contributed by atoms with E-state index in [-0.39, 0.29) is 0 Å². The topological polar surface area (TPSA) is 24.5 Å². The van der Waals surface area contributed by atoms with Crippen LogP contribution < -0.4 is 15.0 Å². The molecule has 2 aliphatic rings. The van der Waals surface area contributed by atoms with Gasteiger partial charge in [0, 0.05) is 30.9 Å². The molecule has 1 aliphatic carbocycles. The van der Waals surface area contributed by atoms with Gasteiger partial charge in [0.15, 0.2) is 0 Å². The lowest BCUT2D eigenvalue weighted by atomic mass is 10.2. The molecule has 1 N–H and O–H groups in total. The molecule has 1 saturated heterocycles. The summed E-state index contributed by atoms with van der Waals surface area (Å²) in [6.07, 6.45) is 5.08. The van der Waals surface area contributed by atoms with Crippen molar-refractivity contribution in [3.8, 4) is 5.75 Å². The molecule has 1 aliphatic heterocycles. The Labute approximate surface area is 115 Å². The van der Waals surface area contributed by atoms with Crippen molar-refractivity contribution in [3.63, 3.8) is 0 Å². The van der Waals surface area contributed by atoms with Crippen LogP contribution in [0.4, 0.5) is 5.69 Å². The monoisotopic (exact) mass is 260 g/mol. The van der Waals surface area contributed by atoms with Gasteiger partial charge in [-0.2, -0.15) is 0 Å². The first-order valence-corrected chi connectivity index (χ1v) is 7.59. The zero-order chi connectivity index (χ0) is 13.1. The molecule has 1 saturated carbocycles. The van der Waals surface area contributed by atoms with Crippen LogP contribution >= 0.6 is 0 Å². The Bertz CT molecular complexity index is 400. The van der Waals surface area contributed by atoms with Crippen molar-refractivity contribution in [2.75, 3.05) is 24.6 Å². The zero-order valence-electron chi connectivity index (χ0n) is 11.8. The summed E-state index contributed by atoms with van der Waals surface area (Å²) in [5.41, 5.74) is 1.32. The Hall–Kier alpha value is -1.22. The summed E-state index contributed by atoms with van der Waals surface area (Å²) in [4.78, 5) is 2.48. The summed E-state index contributed by atoms with van der Waals surface area (Å²) < 4.78 is 5.62. The van der Waals surface area contributed by atoms with E-state index in [2.05, 4.69) is 41.4 Å². The number of hydrogen-bond donors (Lipinski definition) is 1. The van der Waals surface area contributed by atoms with Crippen LogP contribution in [0.15, 0.2) is 24.3 Å². The third-order valence-corrected chi connectivity index (χ3v) is 3.91. The Balaban J connectivity index is 1.53. The van der Waals surface area contributed by atoms with Crippen LogP contribution in [-0.4, -0.2) is 31.8 Å². The van der Waals surface area contributed by atoms with E-state index in [4.69, 9.17) is 4.74 Å². The van der Waals surface area contributed by atoms with Crippen molar-refractivity contribution in [2.24, 2.45) is 0 Å². The highest BCUT2D eigenvalue weighted by Crippen LogP contribution is 2.26. The first-order valence-electron chi connectivity index (χ1n) is 7.59. The SMILES string of the molecule is CCCOc1ccc(N2CCC(NC3CC3)C2)cc1. The molecule has 3 nitrogen and oxygen atoms in total. The van der Waals surface area contributed by atoms with E-state index >= 15 is 0 Å². The highest BCUT2D eigenvalue weighted by atomic mass is 16.5. The van der Waals surface area contributed by atoms with Gasteiger partial charge in [0.2, 0.25) is 0 Å². The third-order valence-electron chi connectivity index (χ3n) is 3.91. The summed E-state index contributed by atoms with van der Waals surface area (Å²) in [5, 5.41) is 3.73. The molecule has 0 radical (unpaired) electrons. The van der Waals surface area contributed by atoms with E-state index in [1.54, 1.807) is 0 Å². The van der Waals surface area contributed by atoms with E-state index in [9.17, 15) is 0 Å². The van der Waals surface area contributed by atoms with Gasteiger partial charge < -0.3 is 15.0 Å². The van der Waals surface area contributed by atoms with Crippen molar-refractivity contribution in [3.05, 3.63) is 24.3 Å². The fourth-order valence-corrected chi connectivity index (χ4v) is 2.69. The number of hydrogen-bond acceptors (Lipinski definition) is 3. The van der Waals surface area contributed by atoms with Crippen LogP contribution in [0.3, 0.4) is 0 Å². The van der Waals surface area contributed by atoms with Crippen molar-refractivity contribution < 1.29 is 4.74 Å². The quantitative estimate of drug-likeness (QED) is 0.851. The minimum absolute atomic E-state index is 0.684. The van der Waals surface area contributed by atoms with Crippen LogP contribution in [0.2, 0.25) is 0 Å². The molecule has 1 aromatic rings. The maximum absolute atomic E-state index is 5.62. The maximum Gasteiger partial charge on any atom is 0.119 e. The van der Waals surface area contributed by atoms with Crippen molar-refractivity contribution in [1.29, 1.82) is 0 Å². The smallest absolute Gasteiger partial charge is 0.119 e. The largest absolute Gasteiger partial charge is 0.494 e. The van der Waals surface area contributed by atoms with Gasteiger partial charge in [-0.1, -0.05) is 6.92 Å². The van der Waals surface area contributed by atoms with Gasteiger partial charge in [-0.3, -0.25) is 0 Å². The lowest BCUT2D eigenvalue weighted by molar-refractivity contribution is 0.317. The zero-order valence-corrected chi connectivity index (χ0v) is 11.8. The molecule has 104 valence electrons. The van der Waals surface area contributed by atoms with E-state index in [0.717, 1.165) is 31.4 Å². The molecule has 0 bridgehead atoms. The Morgan fingerprint density at radius 3 is 2.63 bits per heavy atom. The predicted octanol–water partition coefficient (Wildman–Crippen LogP) is 2.81. The fourth-order valence-electron chi connectivity index (χ4n) is 2.69. The summed E-state index contributed by atoms with van der Waals surface area (Å²) in [7, 11) is 0. The minimum atomic E-state index is 0.684. The molecule has 2 fully saturated rings. The molecular weight excluding hydrogens is 236 g/mol. The Morgan fingerprint density at radius 2 is 1.95 bits per heavy atom. The standard InChI is InChI=1S/C16H24N2O/c1-2-11-19-16-7-5-15(6-8-16)18-10-9-14(12-18)17-13-3-4-13/h5-8,13-14,17H,2-4,9-12H2,1H3. The van der Waals surface area contributed by atoms with Gasteiger partial charge in [0.25, 0.3) is 0 Å². The number of benzene rings is 1. The second kappa shape index (κ2) is 5.83. The first-order chi connectivity index (χ1) is 9.35.